The molecule has 0 bridgehead atoms. The van der Waals surface area contributed by atoms with Crippen molar-refractivity contribution in [1.82, 2.24) is 4.57 Å². The lowest BCUT2D eigenvalue weighted by Gasteiger charge is -2.03. The second-order valence-corrected chi connectivity index (χ2v) is 4.68. The fourth-order valence-electron chi connectivity index (χ4n) is 2.27. The first kappa shape index (κ1) is 12.3. The van der Waals surface area contributed by atoms with E-state index >= 15 is 0 Å². The molecule has 4 nitrogen and oxygen atoms in total. The zero-order valence-electron chi connectivity index (χ0n) is 11.0. The SMILES string of the molecule is Cn1cc(C(=O)Nc2ccccc2)c2ccc(O)cc21. The zero-order valence-corrected chi connectivity index (χ0v) is 11.0. The van der Waals surface area contributed by atoms with Crippen molar-refractivity contribution in [3.8, 4) is 5.75 Å². The van der Waals surface area contributed by atoms with E-state index in [0.717, 1.165) is 16.6 Å². The van der Waals surface area contributed by atoms with Gasteiger partial charge >= 0.3 is 0 Å². The van der Waals surface area contributed by atoms with Gasteiger partial charge in [-0.1, -0.05) is 18.2 Å². The second kappa shape index (κ2) is 4.74. The van der Waals surface area contributed by atoms with Gasteiger partial charge in [0, 0.05) is 30.4 Å². The number of hydrogen-bond acceptors (Lipinski definition) is 2. The first-order valence-corrected chi connectivity index (χ1v) is 6.29. The van der Waals surface area contributed by atoms with Crippen LogP contribution in [0.3, 0.4) is 0 Å². The molecule has 0 aliphatic carbocycles. The Hall–Kier alpha value is -2.75. The van der Waals surface area contributed by atoms with Crippen LogP contribution in [0.4, 0.5) is 5.69 Å². The highest BCUT2D eigenvalue weighted by molar-refractivity contribution is 6.13. The minimum Gasteiger partial charge on any atom is -0.508 e. The van der Waals surface area contributed by atoms with E-state index < -0.39 is 0 Å². The Kier molecular flexibility index (Phi) is 2.91. The van der Waals surface area contributed by atoms with Crippen LogP contribution >= 0.6 is 0 Å². The van der Waals surface area contributed by atoms with Crippen LogP contribution in [0.5, 0.6) is 5.75 Å². The number of phenolic OH excluding ortho intramolecular Hbond substituents is 1. The molecule has 0 aliphatic heterocycles. The number of rotatable bonds is 2. The van der Waals surface area contributed by atoms with Gasteiger partial charge in [0.05, 0.1) is 11.1 Å². The summed E-state index contributed by atoms with van der Waals surface area (Å²) in [4.78, 5) is 12.3. The van der Waals surface area contributed by atoms with Gasteiger partial charge in [0.2, 0.25) is 0 Å². The van der Waals surface area contributed by atoms with Crippen molar-refractivity contribution < 1.29 is 9.90 Å². The van der Waals surface area contributed by atoms with Gasteiger partial charge in [-0.25, -0.2) is 0 Å². The van der Waals surface area contributed by atoms with Crippen LogP contribution in [0, 0.1) is 0 Å². The van der Waals surface area contributed by atoms with Crippen molar-refractivity contribution in [1.29, 1.82) is 0 Å². The minimum atomic E-state index is -0.160. The Balaban J connectivity index is 2.00. The van der Waals surface area contributed by atoms with E-state index in [9.17, 15) is 9.90 Å². The number of aromatic nitrogens is 1. The molecule has 0 atom stereocenters. The number of amides is 1. The molecule has 1 aromatic heterocycles. The van der Waals surface area contributed by atoms with Gasteiger partial charge in [0.25, 0.3) is 5.91 Å². The lowest BCUT2D eigenvalue weighted by Crippen LogP contribution is -2.11. The van der Waals surface area contributed by atoms with E-state index in [0.29, 0.717) is 5.56 Å². The summed E-state index contributed by atoms with van der Waals surface area (Å²) in [5.41, 5.74) is 2.17. The van der Waals surface area contributed by atoms with Crippen molar-refractivity contribution in [2.45, 2.75) is 0 Å². The van der Waals surface area contributed by atoms with E-state index in [1.807, 2.05) is 41.9 Å². The van der Waals surface area contributed by atoms with E-state index in [1.165, 1.54) is 0 Å². The quantitative estimate of drug-likeness (QED) is 0.748. The topological polar surface area (TPSA) is 54.3 Å². The summed E-state index contributed by atoms with van der Waals surface area (Å²) in [7, 11) is 1.85. The van der Waals surface area contributed by atoms with E-state index in [1.54, 1.807) is 24.4 Å². The van der Waals surface area contributed by atoms with Crippen LogP contribution in [0.1, 0.15) is 10.4 Å². The number of aromatic hydroxyl groups is 1. The smallest absolute Gasteiger partial charge is 0.257 e. The summed E-state index contributed by atoms with van der Waals surface area (Å²) in [5, 5.41) is 13.2. The number of phenols is 1. The minimum absolute atomic E-state index is 0.160. The lowest BCUT2D eigenvalue weighted by atomic mass is 10.1. The van der Waals surface area contributed by atoms with E-state index in [4.69, 9.17) is 0 Å². The highest BCUT2D eigenvalue weighted by Gasteiger charge is 2.14. The Bertz CT molecular complexity index is 776. The summed E-state index contributed by atoms with van der Waals surface area (Å²) in [6.45, 7) is 0. The molecule has 0 saturated carbocycles. The molecule has 2 N–H and O–H groups in total. The average molecular weight is 266 g/mol. The Morgan fingerprint density at radius 2 is 1.90 bits per heavy atom. The predicted molar refractivity (Wildman–Crippen MR) is 79.0 cm³/mol. The molecule has 1 amide bonds. The number of fused-ring (bicyclic) bond motifs is 1. The largest absolute Gasteiger partial charge is 0.508 e. The molecule has 3 aromatic rings. The summed E-state index contributed by atoms with van der Waals surface area (Å²) < 4.78 is 1.83. The van der Waals surface area contributed by atoms with Gasteiger partial charge < -0.3 is 15.0 Å². The Morgan fingerprint density at radius 3 is 2.65 bits per heavy atom. The van der Waals surface area contributed by atoms with Crippen LogP contribution in [-0.2, 0) is 7.05 Å². The van der Waals surface area contributed by atoms with E-state index in [-0.39, 0.29) is 11.7 Å². The first-order valence-electron chi connectivity index (χ1n) is 6.29. The molecule has 20 heavy (non-hydrogen) atoms. The Morgan fingerprint density at radius 1 is 1.15 bits per heavy atom. The predicted octanol–water partition coefficient (Wildman–Crippen LogP) is 3.14. The summed E-state index contributed by atoms with van der Waals surface area (Å²) in [6, 6.07) is 14.3. The van der Waals surface area contributed by atoms with Crippen molar-refractivity contribution in [3.63, 3.8) is 0 Å². The number of hydrogen-bond donors (Lipinski definition) is 2. The summed E-state index contributed by atoms with van der Waals surface area (Å²) in [6.07, 6.45) is 1.77. The third kappa shape index (κ3) is 2.12. The Labute approximate surface area is 116 Å². The normalized spacial score (nSPS) is 10.7. The van der Waals surface area contributed by atoms with Crippen LogP contribution in [0.25, 0.3) is 10.9 Å². The summed E-state index contributed by atoms with van der Waals surface area (Å²) in [5.74, 6) is 0.0289. The number of carbonyl (C=O) groups is 1. The van der Waals surface area contributed by atoms with Gasteiger partial charge in [-0.2, -0.15) is 0 Å². The molecule has 0 spiro atoms. The van der Waals surface area contributed by atoms with Crippen LogP contribution < -0.4 is 5.32 Å². The molecule has 3 rings (SSSR count). The number of nitrogens with one attached hydrogen (secondary N) is 1. The van der Waals surface area contributed by atoms with Crippen LogP contribution in [-0.4, -0.2) is 15.6 Å². The number of nitrogens with zero attached hydrogens (tertiary/aromatic N) is 1. The van der Waals surface area contributed by atoms with Gasteiger partial charge in [0.15, 0.2) is 0 Å². The third-order valence-electron chi connectivity index (χ3n) is 3.25. The fraction of sp³-hybridized carbons (Fsp3) is 0.0625. The number of aryl methyl sites for hydroxylation is 1. The maximum Gasteiger partial charge on any atom is 0.257 e. The second-order valence-electron chi connectivity index (χ2n) is 4.68. The zero-order chi connectivity index (χ0) is 14.1. The molecule has 1 heterocycles. The van der Waals surface area contributed by atoms with Crippen molar-refractivity contribution in [3.05, 3.63) is 60.3 Å². The molecular weight excluding hydrogens is 252 g/mol. The molecule has 0 radical (unpaired) electrons. The molecule has 0 fully saturated rings. The molecule has 0 saturated heterocycles. The molecule has 100 valence electrons. The van der Waals surface area contributed by atoms with Crippen LogP contribution in [0.15, 0.2) is 54.7 Å². The van der Waals surface area contributed by atoms with Gasteiger partial charge in [-0.05, 0) is 24.3 Å². The monoisotopic (exact) mass is 266 g/mol. The number of carbonyl (C=O) groups excluding carboxylic acids is 1. The number of para-hydroxylation sites is 1. The van der Waals surface area contributed by atoms with Crippen molar-refractivity contribution in [2.24, 2.45) is 7.05 Å². The molecular formula is C16H14N2O2. The molecule has 4 heteroatoms. The van der Waals surface area contributed by atoms with Gasteiger partial charge in [-0.15, -0.1) is 0 Å². The maximum absolute atomic E-state index is 12.3. The standard InChI is InChI=1S/C16H14N2O2/c1-18-10-14(13-8-7-12(19)9-15(13)18)16(20)17-11-5-3-2-4-6-11/h2-10,19H,1H3,(H,17,20). The molecule has 0 aliphatic rings. The van der Waals surface area contributed by atoms with Crippen molar-refractivity contribution >= 4 is 22.5 Å². The third-order valence-corrected chi connectivity index (χ3v) is 3.25. The lowest BCUT2D eigenvalue weighted by molar-refractivity contribution is 0.102. The highest BCUT2D eigenvalue weighted by Crippen LogP contribution is 2.25. The maximum atomic E-state index is 12.3. The first-order chi connectivity index (χ1) is 9.65. The van der Waals surface area contributed by atoms with Gasteiger partial charge in [-0.3, -0.25) is 4.79 Å². The van der Waals surface area contributed by atoms with E-state index in [2.05, 4.69) is 5.32 Å². The fourth-order valence-corrected chi connectivity index (χ4v) is 2.27. The molecule has 0 unspecified atom stereocenters. The van der Waals surface area contributed by atoms with Crippen LogP contribution in [0.2, 0.25) is 0 Å². The number of benzene rings is 2. The molecule has 2 aromatic carbocycles. The highest BCUT2D eigenvalue weighted by atomic mass is 16.3. The average Bonchev–Trinajstić information content (AvgIpc) is 2.77. The summed E-state index contributed by atoms with van der Waals surface area (Å²) >= 11 is 0. The number of anilines is 1. The van der Waals surface area contributed by atoms with Gasteiger partial charge in [0.1, 0.15) is 5.75 Å². The van der Waals surface area contributed by atoms with Crippen molar-refractivity contribution in [2.75, 3.05) is 5.32 Å².